The van der Waals surface area contributed by atoms with Crippen LogP contribution in [0.15, 0.2) is 118 Å². The van der Waals surface area contributed by atoms with E-state index in [0.717, 1.165) is 14.7 Å². The first-order chi connectivity index (χ1) is 18.9. The summed E-state index contributed by atoms with van der Waals surface area (Å²) in [5.41, 5.74) is -3.21. The number of benzene rings is 4. The van der Waals surface area contributed by atoms with Crippen molar-refractivity contribution in [2.24, 2.45) is 0 Å². The zero-order valence-corrected chi connectivity index (χ0v) is 21.1. The summed E-state index contributed by atoms with van der Waals surface area (Å²) in [5.74, 6) is -3.27. The van der Waals surface area contributed by atoms with Crippen LogP contribution in [0.4, 0.5) is 26.3 Å². The molecule has 0 aromatic heterocycles. The third-order valence-corrected chi connectivity index (χ3v) is 7.63. The van der Waals surface area contributed by atoms with Gasteiger partial charge in [0.2, 0.25) is 0 Å². The quantitative estimate of drug-likeness (QED) is 0.0984. The lowest BCUT2D eigenvalue weighted by Gasteiger charge is -2.14. The molecule has 0 N–H and O–H groups in total. The Balaban J connectivity index is 1.44. The van der Waals surface area contributed by atoms with Crippen LogP contribution in [0.25, 0.3) is 0 Å². The van der Waals surface area contributed by atoms with E-state index in [1.165, 1.54) is 12.1 Å². The van der Waals surface area contributed by atoms with Gasteiger partial charge in [0.15, 0.2) is 21.3 Å². The molecule has 11 heteroatoms. The van der Waals surface area contributed by atoms with Crippen LogP contribution in [0.2, 0.25) is 0 Å². The maximum absolute atomic E-state index is 13.0. The number of carbonyl (C=O) groups excluding carboxylic acids is 2. The van der Waals surface area contributed by atoms with E-state index in [0.29, 0.717) is 0 Å². The van der Waals surface area contributed by atoms with E-state index in [9.17, 15) is 35.9 Å². The molecule has 0 aliphatic carbocycles. The van der Waals surface area contributed by atoms with Crippen LogP contribution in [0.5, 0.6) is 5.75 Å². The molecule has 4 aromatic rings. The summed E-state index contributed by atoms with van der Waals surface area (Å²) in [6.07, 6.45) is -10.2. The Morgan fingerprint density at radius 1 is 0.625 bits per heavy atom. The highest BCUT2D eigenvalue weighted by Crippen LogP contribution is 2.38. The van der Waals surface area contributed by atoms with Crippen LogP contribution < -0.4 is 4.74 Å². The summed E-state index contributed by atoms with van der Waals surface area (Å²) >= 11 is 0. The van der Waals surface area contributed by atoms with Crippen LogP contribution in [-0.2, 0) is 32.8 Å². The minimum absolute atomic E-state index is 0.0830. The van der Waals surface area contributed by atoms with Gasteiger partial charge in [-0.25, -0.2) is 9.59 Å². The molecule has 0 spiro atoms. The Labute approximate surface area is 227 Å². The summed E-state index contributed by atoms with van der Waals surface area (Å²) in [6, 6.07) is 26.3. The molecular weight excluding hydrogens is 558 g/mol. The van der Waals surface area contributed by atoms with Gasteiger partial charge >= 0.3 is 24.3 Å². The van der Waals surface area contributed by atoms with E-state index in [1.54, 1.807) is 12.1 Å². The van der Waals surface area contributed by atoms with Crippen molar-refractivity contribution in [1.82, 2.24) is 0 Å². The van der Waals surface area contributed by atoms with Crippen LogP contribution in [0.3, 0.4) is 0 Å². The fourth-order valence-electron chi connectivity index (χ4n) is 3.60. The predicted octanol–water partition coefficient (Wildman–Crippen LogP) is 7.58. The van der Waals surface area contributed by atoms with Crippen LogP contribution >= 0.6 is 0 Å². The second kappa shape index (κ2) is 11.9. The van der Waals surface area contributed by atoms with Crippen molar-refractivity contribution in [2.45, 2.75) is 27.0 Å². The van der Waals surface area contributed by atoms with Crippen molar-refractivity contribution in [1.29, 1.82) is 0 Å². The fourth-order valence-corrected chi connectivity index (χ4v) is 5.69. The maximum atomic E-state index is 13.0. The van der Waals surface area contributed by atoms with Gasteiger partial charge in [-0.2, -0.15) is 26.3 Å². The number of rotatable bonds is 7. The SMILES string of the molecule is O=C(COC(=O)c1ccc([S+](c2ccccc2)c2ccccc2)cc1)Oc1cc(C(F)(F)F)cc(C(F)(F)F)c1. The Bertz CT molecular complexity index is 1400. The number of halogens is 6. The second-order valence-electron chi connectivity index (χ2n) is 8.25. The summed E-state index contributed by atoms with van der Waals surface area (Å²) in [5, 5.41) is 0. The maximum Gasteiger partial charge on any atom is 0.416 e. The first-order valence-corrected chi connectivity index (χ1v) is 12.8. The fraction of sp³-hybridized carbons (Fsp3) is 0.103. The minimum atomic E-state index is -5.11. The van der Waals surface area contributed by atoms with E-state index < -0.39 is 58.7 Å². The lowest BCUT2D eigenvalue weighted by Crippen LogP contribution is -2.20. The highest BCUT2D eigenvalue weighted by Gasteiger charge is 2.37. The number of esters is 2. The molecule has 0 atom stereocenters. The van der Waals surface area contributed by atoms with Crippen LogP contribution in [0, 0.1) is 0 Å². The van der Waals surface area contributed by atoms with E-state index in [-0.39, 0.29) is 23.8 Å². The molecule has 0 saturated heterocycles. The molecular formula is C29H19F6O4S+. The molecule has 0 radical (unpaired) electrons. The van der Waals surface area contributed by atoms with Crippen LogP contribution in [-0.4, -0.2) is 18.5 Å². The third kappa shape index (κ3) is 7.23. The molecule has 4 aromatic carbocycles. The van der Waals surface area contributed by atoms with Gasteiger partial charge in [0.1, 0.15) is 5.75 Å². The van der Waals surface area contributed by atoms with Crippen molar-refractivity contribution in [3.8, 4) is 5.75 Å². The highest BCUT2D eigenvalue weighted by molar-refractivity contribution is 7.97. The van der Waals surface area contributed by atoms with E-state index >= 15 is 0 Å². The summed E-state index contributed by atoms with van der Waals surface area (Å²) in [7, 11) is -0.473. The van der Waals surface area contributed by atoms with Crippen molar-refractivity contribution in [3.05, 3.63) is 120 Å². The van der Waals surface area contributed by atoms with Gasteiger partial charge in [-0.05, 0) is 66.7 Å². The Morgan fingerprint density at radius 2 is 1.07 bits per heavy atom. The van der Waals surface area contributed by atoms with Gasteiger partial charge < -0.3 is 9.47 Å². The Hall–Kier alpha value is -4.25. The van der Waals surface area contributed by atoms with Crippen molar-refractivity contribution >= 4 is 22.8 Å². The van der Waals surface area contributed by atoms with Gasteiger partial charge in [-0.15, -0.1) is 0 Å². The summed E-state index contributed by atoms with van der Waals surface area (Å²) in [4.78, 5) is 27.5. The molecule has 0 bridgehead atoms. The molecule has 4 rings (SSSR count). The highest BCUT2D eigenvalue weighted by atomic mass is 32.2. The first kappa shape index (κ1) is 28.8. The van der Waals surface area contributed by atoms with Gasteiger partial charge in [0, 0.05) is 0 Å². The summed E-state index contributed by atoms with van der Waals surface area (Å²) in [6.45, 7) is -1.03. The zero-order valence-electron chi connectivity index (χ0n) is 20.3. The molecule has 0 unspecified atom stereocenters. The molecule has 0 amide bonds. The minimum Gasteiger partial charge on any atom is -0.450 e. The molecule has 0 heterocycles. The molecule has 0 aliphatic rings. The van der Waals surface area contributed by atoms with Crippen molar-refractivity contribution in [2.75, 3.05) is 6.61 Å². The molecule has 0 saturated carbocycles. The molecule has 4 nitrogen and oxygen atoms in total. The Morgan fingerprint density at radius 3 is 1.52 bits per heavy atom. The number of carbonyl (C=O) groups is 2. The standard InChI is InChI=1S/C29H19F6O4S/c30-28(31,32)20-15-21(29(33,34)35)17-22(16-20)39-26(36)18-38-27(37)19-11-13-25(14-12-19)40(23-7-3-1-4-8-23)24-9-5-2-6-10-24/h1-17H,18H2/q+1. The molecule has 0 aliphatic heterocycles. The monoisotopic (exact) mass is 577 g/mol. The van der Waals surface area contributed by atoms with Gasteiger partial charge in [0.25, 0.3) is 0 Å². The molecule has 40 heavy (non-hydrogen) atoms. The van der Waals surface area contributed by atoms with Crippen molar-refractivity contribution in [3.63, 3.8) is 0 Å². The number of hydrogen-bond acceptors (Lipinski definition) is 4. The third-order valence-electron chi connectivity index (χ3n) is 5.40. The average Bonchev–Trinajstić information content (AvgIpc) is 2.92. The van der Waals surface area contributed by atoms with Gasteiger partial charge in [-0.1, -0.05) is 36.4 Å². The number of hydrogen-bond donors (Lipinski definition) is 0. The van der Waals surface area contributed by atoms with E-state index in [1.807, 2.05) is 60.7 Å². The second-order valence-corrected chi connectivity index (χ2v) is 10.3. The van der Waals surface area contributed by atoms with Crippen LogP contribution in [0.1, 0.15) is 21.5 Å². The Kier molecular flexibility index (Phi) is 8.53. The first-order valence-electron chi connectivity index (χ1n) is 11.5. The van der Waals surface area contributed by atoms with Gasteiger partial charge in [-0.3, -0.25) is 0 Å². The molecule has 206 valence electrons. The van der Waals surface area contributed by atoms with E-state index in [4.69, 9.17) is 4.74 Å². The summed E-state index contributed by atoms with van der Waals surface area (Å²) < 4.78 is 87.5. The lowest BCUT2D eigenvalue weighted by atomic mass is 10.1. The van der Waals surface area contributed by atoms with E-state index in [2.05, 4.69) is 4.74 Å². The lowest BCUT2D eigenvalue weighted by molar-refractivity contribution is -0.145. The number of ether oxygens (including phenoxy) is 2. The average molecular weight is 578 g/mol. The smallest absolute Gasteiger partial charge is 0.416 e. The predicted molar refractivity (Wildman–Crippen MR) is 134 cm³/mol. The largest absolute Gasteiger partial charge is 0.450 e. The molecule has 0 fully saturated rings. The van der Waals surface area contributed by atoms with Gasteiger partial charge in [0.05, 0.1) is 27.6 Å². The zero-order chi connectivity index (χ0) is 28.9. The van der Waals surface area contributed by atoms with Crippen molar-refractivity contribution < 1.29 is 45.4 Å². The normalized spacial score (nSPS) is 11.8. The topological polar surface area (TPSA) is 52.6 Å². The number of alkyl halides is 6.